The molecule has 0 unspecified atom stereocenters. The van der Waals surface area contributed by atoms with Crippen molar-refractivity contribution in [1.29, 1.82) is 0 Å². The molecule has 1 heterocycles. The zero-order valence-corrected chi connectivity index (χ0v) is 11.3. The van der Waals surface area contributed by atoms with Crippen molar-refractivity contribution >= 4 is 16.5 Å². The van der Waals surface area contributed by atoms with Gasteiger partial charge in [0.2, 0.25) is 0 Å². The van der Waals surface area contributed by atoms with Crippen molar-refractivity contribution in [2.24, 2.45) is 0 Å². The first kappa shape index (κ1) is 13.1. The zero-order valence-electron chi connectivity index (χ0n) is 11.3. The van der Waals surface area contributed by atoms with E-state index >= 15 is 0 Å². The molecule has 0 bridgehead atoms. The van der Waals surface area contributed by atoms with Crippen molar-refractivity contribution in [2.45, 2.75) is 13.8 Å². The van der Waals surface area contributed by atoms with Gasteiger partial charge in [0.25, 0.3) is 0 Å². The highest BCUT2D eigenvalue weighted by atomic mass is 14.6. The molecule has 2 N–H and O–H groups in total. The normalized spacial score (nSPS) is 9.79. The predicted molar refractivity (Wildman–Crippen MR) is 82.1 cm³/mol. The first-order valence-corrected chi connectivity index (χ1v) is 6.29. The van der Waals surface area contributed by atoms with E-state index in [-0.39, 0.29) is 0 Å². The second kappa shape index (κ2) is 6.01. The first-order chi connectivity index (χ1) is 9.18. The van der Waals surface area contributed by atoms with Crippen molar-refractivity contribution in [1.82, 2.24) is 4.98 Å². The molecule has 3 rings (SSSR count). The van der Waals surface area contributed by atoms with Gasteiger partial charge in [0.15, 0.2) is 0 Å². The van der Waals surface area contributed by atoms with Crippen molar-refractivity contribution in [3.63, 3.8) is 0 Å². The topological polar surface area (TPSA) is 38.9 Å². The first-order valence-electron chi connectivity index (χ1n) is 6.29. The smallest absolute Gasteiger partial charge is 0.0393 e. The number of rotatable bonds is 0. The highest BCUT2D eigenvalue weighted by Gasteiger charge is 1.97. The van der Waals surface area contributed by atoms with Crippen molar-refractivity contribution < 1.29 is 0 Å². The molecule has 2 aromatic carbocycles. The lowest BCUT2D eigenvalue weighted by Gasteiger charge is -2.03. The molecule has 3 aromatic rings. The minimum atomic E-state index is 0.858. The van der Waals surface area contributed by atoms with Crippen LogP contribution in [0, 0.1) is 13.8 Å². The third kappa shape index (κ3) is 3.32. The van der Waals surface area contributed by atoms with Gasteiger partial charge >= 0.3 is 0 Å². The number of hydrogen-bond donors (Lipinski definition) is 1. The van der Waals surface area contributed by atoms with Crippen LogP contribution >= 0.6 is 0 Å². The average Bonchev–Trinajstić information content (AvgIpc) is 2.45. The minimum Gasteiger partial charge on any atom is -0.398 e. The van der Waals surface area contributed by atoms with Crippen LogP contribution in [0.2, 0.25) is 0 Å². The lowest BCUT2D eigenvalue weighted by atomic mass is 10.0. The fraction of sp³-hybridized carbons (Fsp3) is 0.118. The van der Waals surface area contributed by atoms with E-state index in [0.717, 1.165) is 11.1 Å². The van der Waals surface area contributed by atoms with Crippen LogP contribution in [0.5, 0.6) is 0 Å². The number of aromatic nitrogens is 1. The number of benzene rings is 2. The van der Waals surface area contributed by atoms with Crippen molar-refractivity contribution in [3.8, 4) is 0 Å². The van der Waals surface area contributed by atoms with E-state index in [2.05, 4.69) is 30.1 Å². The molecule has 0 radical (unpaired) electrons. The lowest BCUT2D eigenvalue weighted by Crippen LogP contribution is -1.87. The predicted octanol–water partition coefficient (Wildman–Crippen LogP) is 4.12. The Labute approximate surface area is 113 Å². The Hall–Kier alpha value is -2.35. The Morgan fingerprint density at radius 2 is 1.58 bits per heavy atom. The number of pyridine rings is 1. The molecule has 0 saturated heterocycles. The average molecular weight is 250 g/mol. The van der Waals surface area contributed by atoms with E-state index in [1.807, 2.05) is 43.5 Å². The maximum atomic E-state index is 5.83. The van der Waals surface area contributed by atoms with Gasteiger partial charge in [-0.2, -0.15) is 0 Å². The van der Waals surface area contributed by atoms with Gasteiger partial charge in [-0.1, -0.05) is 36.4 Å². The second-order valence-corrected chi connectivity index (χ2v) is 4.55. The number of nitrogens with two attached hydrogens (primary N) is 1. The molecule has 19 heavy (non-hydrogen) atoms. The van der Waals surface area contributed by atoms with E-state index in [0.29, 0.717) is 0 Å². The molecule has 0 fully saturated rings. The molecule has 2 nitrogen and oxygen atoms in total. The van der Waals surface area contributed by atoms with Crippen LogP contribution in [0.3, 0.4) is 0 Å². The molecule has 0 atom stereocenters. The van der Waals surface area contributed by atoms with Gasteiger partial charge in [-0.05, 0) is 42.5 Å². The van der Waals surface area contributed by atoms with Crippen molar-refractivity contribution in [2.75, 3.05) is 5.73 Å². The van der Waals surface area contributed by atoms with Gasteiger partial charge in [-0.15, -0.1) is 0 Å². The molecule has 0 amide bonds. The maximum absolute atomic E-state index is 5.83. The van der Waals surface area contributed by atoms with Gasteiger partial charge in [-0.25, -0.2) is 0 Å². The summed E-state index contributed by atoms with van der Waals surface area (Å²) >= 11 is 0. The van der Waals surface area contributed by atoms with E-state index in [9.17, 15) is 0 Å². The van der Waals surface area contributed by atoms with Crippen molar-refractivity contribution in [3.05, 3.63) is 72.1 Å². The molecule has 0 saturated carbocycles. The molecular formula is C17H18N2. The van der Waals surface area contributed by atoms with E-state index in [4.69, 9.17) is 5.73 Å². The number of aryl methyl sites for hydroxylation is 2. The van der Waals surface area contributed by atoms with Crippen LogP contribution < -0.4 is 5.73 Å². The van der Waals surface area contributed by atoms with Gasteiger partial charge in [-0.3, -0.25) is 4.98 Å². The molecular weight excluding hydrogens is 232 g/mol. The molecule has 0 spiro atoms. The van der Waals surface area contributed by atoms with Crippen LogP contribution in [0.4, 0.5) is 5.69 Å². The fourth-order valence-electron chi connectivity index (χ4n) is 1.92. The van der Waals surface area contributed by atoms with Gasteiger partial charge < -0.3 is 5.73 Å². The SMILES string of the molecule is Cc1ccc(N)c2ccccc12.Cc1cccnc1. The largest absolute Gasteiger partial charge is 0.398 e. The van der Waals surface area contributed by atoms with E-state index in [1.165, 1.54) is 16.5 Å². The Balaban J connectivity index is 0.000000163. The number of nitrogens with zero attached hydrogens (tertiary/aromatic N) is 1. The zero-order chi connectivity index (χ0) is 13.7. The summed E-state index contributed by atoms with van der Waals surface area (Å²) in [4.78, 5) is 3.88. The Morgan fingerprint density at radius 1 is 0.842 bits per heavy atom. The van der Waals surface area contributed by atoms with E-state index < -0.39 is 0 Å². The van der Waals surface area contributed by atoms with Crippen LogP contribution in [-0.4, -0.2) is 4.98 Å². The summed E-state index contributed by atoms with van der Waals surface area (Å²) in [6.07, 6.45) is 3.60. The number of hydrogen-bond acceptors (Lipinski definition) is 2. The summed E-state index contributed by atoms with van der Waals surface area (Å²) in [6, 6.07) is 16.2. The second-order valence-electron chi connectivity index (χ2n) is 4.55. The number of nitrogen functional groups attached to an aromatic ring is 1. The van der Waals surface area contributed by atoms with Crippen LogP contribution in [0.1, 0.15) is 11.1 Å². The van der Waals surface area contributed by atoms with Gasteiger partial charge in [0, 0.05) is 23.5 Å². The fourth-order valence-corrected chi connectivity index (χ4v) is 1.92. The minimum absolute atomic E-state index is 0.858. The number of fused-ring (bicyclic) bond motifs is 1. The summed E-state index contributed by atoms with van der Waals surface area (Å²) in [7, 11) is 0. The Bertz CT molecular complexity index is 620. The third-order valence-corrected chi connectivity index (χ3v) is 2.99. The van der Waals surface area contributed by atoms with Gasteiger partial charge in [0.1, 0.15) is 0 Å². The van der Waals surface area contributed by atoms with Crippen LogP contribution in [-0.2, 0) is 0 Å². The highest BCUT2D eigenvalue weighted by molar-refractivity contribution is 5.94. The molecule has 1 aromatic heterocycles. The molecule has 0 aliphatic rings. The summed E-state index contributed by atoms with van der Waals surface area (Å²) in [6.45, 7) is 4.12. The molecule has 0 aliphatic carbocycles. The van der Waals surface area contributed by atoms with Gasteiger partial charge in [0.05, 0.1) is 0 Å². The summed E-state index contributed by atoms with van der Waals surface area (Å²) < 4.78 is 0. The van der Waals surface area contributed by atoms with Crippen LogP contribution in [0.25, 0.3) is 10.8 Å². The molecule has 96 valence electrons. The highest BCUT2D eigenvalue weighted by Crippen LogP contribution is 2.23. The Morgan fingerprint density at radius 3 is 2.11 bits per heavy atom. The summed E-state index contributed by atoms with van der Waals surface area (Å²) in [5.41, 5.74) is 9.17. The van der Waals surface area contributed by atoms with Crippen LogP contribution in [0.15, 0.2) is 60.9 Å². The standard InChI is InChI=1S/C11H11N.C6H7N/c1-8-6-7-11(12)10-5-3-2-4-9(8)10;1-6-3-2-4-7-5-6/h2-7H,12H2,1H3;2-5H,1H3. The monoisotopic (exact) mass is 250 g/mol. The molecule has 0 aliphatic heterocycles. The maximum Gasteiger partial charge on any atom is 0.0393 e. The Kier molecular flexibility index (Phi) is 4.14. The third-order valence-electron chi connectivity index (χ3n) is 2.99. The lowest BCUT2D eigenvalue weighted by molar-refractivity contribution is 1.27. The molecule has 2 heteroatoms. The van der Waals surface area contributed by atoms with E-state index in [1.54, 1.807) is 6.20 Å². The summed E-state index contributed by atoms with van der Waals surface area (Å²) in [5, 5.41) is 2.40. The summed E-state index contributed by atoms with van der Waals surface area (Å²) in [5.74, 6) is 0. The quantitative estimate of drug-likeness (QED) is 0.609. The number of anilines is 1.